The van der Waals surface area contributed by atoms with Gasteiger partial charge in [0.25, 0.3) is 0 Å². The Bertz CT molecular complexity index is 809. The molecule has 0 spiro atoms. The molecule has 5 nitrogen and oxygen atoms in total. The van der Waals surface area contributed by atoms with Gasteiger partial charge in [-0.25, -0.2) is 9.97 Å². The van der Waals surface area contributed by atoms with E-state index in [1.807, 2.05) is 12.1 Å². The van der Waals surface area contributed by atoms with E-state index in [2.05, 4.69) is 43.5 Å². The summed E-state index contributed by atoms with van der Waals surface area (Å²) in [7, 11) is 0. The summed E-state index contributed by atoms with van der Waals surface area (Å²) in [4.78, 5) is 13.7. The molecule has 7 heteroatoms. The molecule has 1 saturated heterocycles. The minimum Gasteiger partial charge on any atom is -0.461 e. The number of anilines is 1. The summed E-state index contributed by atoms with van der Waals surface area (Å²) in [5, 5.41) is 0.948. The van der Waals surface area contributed by atoms with Crippen molar-refractivity contribution in [3.05, 3.63) is 29.3 Å². The number of thiophene rings is 1. The number of nitrogens with zero attached hydrogens (tertiary/aromatic N) is 3. The van der Waals surface area contributed by atoms with Gasteiger partial charge in [0.05, 0.1) is 11.6 Å². The van der Waals surface area contributed by atoms with Crippen molar-refractivity contribution in [1.29, 1.82) is 0 Å². The molecule has 1 aliphatic rings. The zero-order valence-electron chi connectivity index (χ0n) is 12.5. The predicted molar refractivity (Wildman–Crippen MR) is 102 cm³/mol. The van der Waals surface area contributed by atoms with E-state index in [1.165, 1.54) is 30.8 Å². The molecular weight excluding hydrogens is 423 g/mol. The Balaban J connectivity index is 1.61. The predicted octanol–water partition coefficient (Wildman–Crippen LogP) is 3.93. The second-order valence-electron chi connectivity index (χ2n) is 5.79. The van der Waals surface area contributed by atoms with Crippen LogP contribution in [0.15, 0.2) is 28.9 Å². The molecule has 0 radical (unpaired) electrons. The molecule has 120 valence electrons. The van der Waals surface area contributed by atoms with E-state index in [1.54, 1.807) is 17.6 Å². The van der Waals surface area contributed by atoms with E-state index < -0.39 is 0 Å². The van der Waals surface area contributed by atoms with E-state index in [-0.39, 0.29) is 0 Å². The Morgan fingerprint density at radius 1 is 1.35 bits per heavy atom. The second kappa shape index (κ2) is 6.37. The van der Waals surface area contributed by atoms with E-state index in [0.29, 0.717) is 17.4 Å². The number of rotatable bonds is 3. The molecule has 0 atom stereocenters. The molecule has 3 aromatic rings. The Hall–Kier alpha value is -1.19. The second-order valence-corrected chi connectivity index (χ2v) is 8.67. The molecule has 1 fully saturated rings. The van der Waals surface area contributed by atoms with Gasteiger partial charge in [-0.05, 0) is 44.1 Å². The van der Waals surface area contributed by atoms with Crippen molar-refractivity contribution >= 4 is 50.0 Å². The number of hydrogen-bond acceptors (Lipinski definition) is 6. The Morgan fingerprint density at radius 2 is 2.17 bits per heavy atom. The van der Waals surface area contributed by atoms with E-state index in [9.17, 15) is 0 Å². The average molecular weight is 440 g/mol. The summed E-state index contributed by atoms with van der Waals surface area (Å²) in [6.45, 7) is 3.31. The van der Waals surface area contributed by atoms with Crippen LogP contribution in [0.2, 0.25) is 0 Å². The summed E-state index contributed by atoms with van der Waals surface area (Å²) in [6.07, 6.45) is 4.17. The SMILES string of the molecule is Nc1nc(-c2ccco2)nc2sc(CN3CCC(I)CC3)cc12. The number of nitrogen functional groups attached to an aromatic ring is 1. The third-order valence-corrected chi connectivity index (χ3v) is 6.37. The van der Waals surface area contributed by atoms with E-state index in [4.69, 9.17) is 10.2 Å². The highest BCUT2D eigenvalue weighted by Gasteiger charge is 2.18. The molecular formula is C16H17IN4OS. The van der Waals surface area contributed by atoms with Crippen molar-refractivity contribution < 1.29 is 4.42 Å². The Morgan fingerprint density at radius 3 is 2.91 bits per heavy atom. The zero-order chi connectivity index (χ0) is 15.8. The number of aromatic nitrogens is 2. The number of nitrogens with two attached hydrogens (primary N) is 1. The number of piperidine rings is 1. The van der Waals surface area contributed by atoms with Crippen molar-refractivity contribution in [2.75, 3.05) is 18.8 Å². The number of fused-ring (bicyclic) bond motifs is 1. The first-order chi connectivity index (χ1) is 11.2. The number of alkyl halides is 1. The van der Waals surface area contributed by atoms with Gasteiger partial charge in [-0.2, -0.15) is 0 Å². The van der Waals surface area contributed by atoms with Crippen LogP contribution in [-0.2, 0) is 6.54 Å². The Kier molecular flexibility index (Phi) is 4.25. The van der Waals surface area contributed by atoms with Gasteiger partial charge < -0.3 is 10.2 Å². The highest BCUT2D eigenvalue weighted by molar-refractivity contribution is 14.1. The number of likely N-dealkylation sites (tertiary alicyclic amines) is 1. The van der Waals surface area contributed by atoms with Crippen molar-refractivity contribution in [2.45, 2.75) is 23.3 Å². The molecule has 4 rings (SSSR count). The van der Waals surface area contributed by atoms with E-state index in [0.717, 1.165) is 20.7 Å². The van der Waals surface area contributed by atoms with Gasteiger partial charge in [0.15, 0.2) is 11.6 Å². The summed E-state index contributed by atoms with van der Waals surface area (Å²) in [6, 6.07) is 5.82. The first-order valence-corrected chi connectivity index (χ1v) is 9.71. The summed E-state index contributed by atoms with van der Waals surface area (Å²) < 4.78 is 6.20. The van der Waals surface area contributed by atoms with Crippen molar-refractivity contribution in [3.63, 3.8) is 0 Å². The van der Waals surface area contributed by atoms with Crippen LogP contribution in [-0.4, -0.2) is 31.9 Å². The summed E-state index contributed by atoms with van der Waals surface area (Å²) in [5.74, 6) is 1.73. The van der Waals surface area contributed by atoms with Crippen molar-refractivity contribution in [1.82, 2.24) is 14.9 Å². The minimum atomic E-state index is 0.523. The standard InChI is InChI=1S/C16H17IN4OS/c17-10-3-5-21(6-4-10)9-11-8-12-14(18)19-15(20-16(12)23-11)13-2-1-7-22-13/h1-2,7-8,10H,3-6,9H2,(H2,18,19,20). The fourth-order valence-corrected chi connectivity index (χ4v) is 4.50. The van der Waals surface area contributed by atoms with Gasteiger partial charge in [-0.3, -0.25) is 4.90 Å². The number of hydrogen-bond donors (Lipinski definition) is 1. The fraction of sp³-hybridized carbons (Fsp3) is 0.375. The number of halogens is 1. The van der Waals surface area contributed by atoms with Gasteiger partial charge in [0, 0.05) is 15.3 Å². The normalized spacial score (nSPS) is 17.1. The lowest BCUT2D eigenvalue weighted by Gasteiger charge is -2.28. The smallest absolute Gasteiger partial charge is 0.199 e. The molecule has 0 aliphatic carbocycles. The van der Waals surface area contributed by atoms with Crippen molar-refractivity contribution in [2.24, 2.45) is 0 Å². The molecule has 0 amide bonds. The van der Waals surface area contributed by atoms with Gasteiger partial charge in [0.2, 0.25) is 0 Å². The lowest BCUT2D eigenvalue weighted by molar-refractivity contribution is 0.230. The molecule has 3 aromatic heterocycles. The van der Waals surface area contributed by atoms with Crippen LogP contribution in [0.5, 0.6) is 0 Å². The maximum atomic E-state index is 6.13. The summed E-state index contributed by atoms with van der Waals surface area (Å²) >= 11 is 4.26. The molecule has 0 aromatic carbocycles. The quantitative estimate of drug-likeness (QED) is 0.494. The third-order valence-electron chi connectivity index (χ3n) is 4.11. The van der Waals surface area contributed by atoms with Crippen LogP contribution in [0.4, 0.5) is 5.82 Å². The van der Waals surface area contributed by atoms with Crippen LogP contribution in [0, 0.1) is 0 Å². The number of furan rings is 1. The molecule has 1 aliphatic heterocycles. The molecule has 4 heterocycles. The van der Waals surface area contributed by atoms with Gasteiger partial charge >= 0.3 is 0 Å². The van der Waals surface area contributed by atoms with Crippen LogP contribution >= 0.6 is 33.9 Å². The first-order valence-electron chi connectivity index (χ1n) is 7.65. The fourth-order valence-electron chi connectivity index (χ4n) is 2.87. The van der Waals surface area contributed by atoms with Crippen LogP contribution in [0.1, 0.15) is 17.7 Å². The van der Waals surface area contributed by atoms with Crippen LogP contribution in [0.25, 0.3) is 21.8 Å². The largest absolute Gasteiger partial charge is 0.461 e. The zero-order valence-corrected chi connectivity index (χ0v) is 15.5. The molecule has 0 saturated carbocycles. The maximum Gasteiger partial charge on any atom is 0.199 e. The third kappa shape index (κ3) is 3.22. The van der Waals surface area contributed by atoms with E-state index >= 15 is 0 Å². The van der Waals surface area contributed by atoms with Gasteiger partial charge in [-0.15, -0.1) is 11.3 Å². The molecule has 23 heavy (non-hydrogen) atoms. The van der Waals surface area contributed by atoms with Crippen molar-refractivity contribution in [3.8, 4) is 11.6 Å². The average Bonchev–Trinajstić information content (AvgIpc) is 3.19. The lowest BCUT2D eigenvalue weighted by atomic mass is 10.1. The highest BCUT2D eigenvalue weighted by Crippen LogP contribution is 2.31. The van der Waals surface area contributed by atoms with Gasteiger partial charge in [-0.1, -0.05) is 22.6 Å². The van der Waals surface area contributed by atoms with Crippen LogP contribution in [0.3, 0.4) is 0 Å². The Labute approximate surface area is 152 Å². The first kappa shape index (κ1) is 15.3. The lowest BCUT2D eigenvalue weighted by Crippen LogP contribution is -2.33. The highest BCUT2D eigenvalue weighted by atomic mass is 127. The molecule has 2 N–H and O–H groups in total. The van der Waals surface area contributed by atoms with Gasteiger partial charge in [0.1, 0.15) is 10.6 Å². The topological polar surface area (TPSA) is 68.2 Å². The minimum absolute atomic E-state index is 0.523. The molecule has 0 bridgehead atoms. The molecule has 0 unspecified atom stereocenters. The summed E-state index contributed by atoms with van der Waals surface area (Å²) in [5.41, 5.74) is 6.13. The monoisotopic (exact) mass is 440 g/mol. The van der Waals surface area contributed by atoms with Crippen LogP contribution < -0.4 is 5.73 Å². The maximum absolute atomic E-state index is 6.13.